The largest absolute Gasteiger partial charge is 0.489 e. The first-order valence-corrected chi connectivity index (χ1v) is 8.31. The Morgan fingerprint density at radius 3 is 2.36 bits per heavy atom. The van der Waals surface area contributed by atoms with Crippen LogP contribution in [0, 0.1) is 20.8 Å². The summed E-state index contributed by atoms with van der Waals surface area (Å²) in [6.45, 7) is 7.91. The van der Waals surface area contributed by atoms with Crippen LogP contribution in [0.3, 0.4) is 0 Å². The van der Waals surface area contributed by atoms with Crippen LogP contribution < -0.4 is 20.9 Å². The van der Waals surface area contributed by atoms with E-state index in [0.717, 1.165) is 16.7 Å². The van der Waals surface area contributed by atoms with Crippen molar-refractivity contribution in [3.63, 3.8) is 0 Å². The summed E-state index contributed by atoms with van der Waals surface area (Å²) in [5.41, 5.74) is 15.7. The van der Waals surface area contributed by atoms with Gasteiger partial charge in [0.25, 0.3) is 0 Å². The van der Waals surface area contributed by atoms with Gasteiger partial charge >= 0.3 is 0 Å². The van der Waals surface area contributed by atoms with Gasteiger partial charge in [-0.1, -0.05) is 0 Å². The molecule has 0 saturated carbocycles. The van der Waals surface area contributed by atoms with Gasteiger partial charge in [0.15, 0.2) is 5.78 Å². The van der Waals surface area contributed by atoms with E-state index in [4.69, 9.17) is 20.9 Å². The van der Waals surface area contributed by atoms with Gasteiger partial charge in [-0.15, -0.1) is 0 Å². The Balaban J connectivity index is 1.89. The molecule has 0 spiro atoms. The Labute approximate surface area is 147 Å². The number of ketones is 1. The molecule has 4 N–H and O–H groups in total. The summed E-state index contributed by atoms with van der Waals surface area (Å²) in [6.07, 6.45) is 0.248. The Morgan fingerprint density at radius 2 is 1.72 bits per heavy atom. The van der Waals surface area contributed by atoms with Gasteiger partial charge in [0.1, 0.15) is 23.7 Å². The van der Waals surface area contributed by atoms with Crippen molar-refractivity contribution < 1.29 is 14.3 Å². The molecule has 1 atom stereocenters. The molecule has 1 aliphatic rings. The zero-order valence-corrected chi connectivity index (χ0v) is 15.1. The van der Waals surface area contributed by atoms with E-state index >= 15 is 0 Å². The van der Waals surface area contributed by atoms with Crippen molar-refractivity contribution >= 4 is 17.2 Å². The minimum Gasteiger partial charge on any atom is -0.489 e. The Bertz CT molecular complexity index is 843. The summed E-state index contributed by atoms with van der Waals surface area (Å²) in [4.78, 5) is 12.8. The molecule has 0 aromatic heterocycles. The molecule has 1 aliphatic heterocycles. The highest BCUT2D eigenvalue weighted by Gasteiger charge is 2.40. The molecule has 2 aromatic rings. The molecule has 0 amide bonds. The molecule has 1 heterocycles. The van der Waals surface area contributed by atoms with Crippen LogP contribution in [0.15, 0.2) is 24.3 Å². The Morgan fingerprint density at radius 1 is 1.08 bits per heavy atom. The van der Waals surface area contributed by atoms with Crippen molar-refractivity contribution in [2.45, 2.75) is 39.7 Å². The van der Waals surface area contributed by atoms with Gasteiger partial charge in [-0.2, -0.15) is 0 Å². The number of carbonyl (C=O) groups is 1. The van der Waals surface area contributed by atoms with Crippen molar-refractivity contribution in [2.75, 3.05) is 18.1 Å². The number of rotatable bonds is 3. The first-order valence-electron chi connectivity index (χ1n) is 8.31. The molecule has 3 rings (SSSR count). The lowest BCUT2D eigenvalue weighted by atomic mass is 9.86. The van der Waals surface area contributed by atoms with Crippen molar-refractivity contribution in [1.82, 2.24) is 0 Å². The topological polar surface area (TPSA) is 87.6 Å². The molecular formula is C20H24N2O3. The lowest BCUT2D eigenvalue weighted by Gasteiger charge is -2.36. The highest BCUT2D eigenvalue weighted by atomic mass is 16.5. The maximum Gasteiger partial charge on any atom is 0.171 e. The molecule has 25 heavy (non-hydrogen) atoms. The second-order valence-electron chi connectivity index (χ2n) is 7.00. The first-order chi connectivity index (χ1) is 11.7. The Kier molecular flexibility index (Phi) is 4.11. The van der Waals surface area contributed by atoms with E-state index in [-0.39, 0.29) is 18.8 Å². The SMILES string of the molecule is Cc1c(C)c2c(c(C)c1N)C(=O)CC(C)(COc1ccc(N)cc1)O2. The fourth-order valence-corrected chi connectivity index (χ4v) is 3.20. The van der Waals surface area contributed by atoms with E-state index in [2.05, 4.69) is 0 Å². The summed E-state index contributed by atoms with van der Waals surface area (Å²) in [7, 11) is 0. The van der Waals surface area contributed by atoms with Gasteiger partial charge < -0.3 is 20.9 Å². The number of benzene rings is 2. The predicted molar refractivity (Wildman–Crippen MR) is 99.4 cm³/mol. The number of Topliss-reactive ketones (excluding diaryl/α,β-unsaturated/α-hetero) is 1. The number of hydrogen-bond acceptors (Lipinski definition) is 5. The highest BCUT2D eigenvalue weighted by molar-refractivity contribution is 6.03. The normalized spacial score (nSPS) is 19.3. The minimum absolute atomic E-state index is 0.0388. The maximum atomic E-state index is 12.8. The van der Waals surface area contributed by atoms with Gasteiger partial charge in [-0.3, -0.25) is 4.79 Å². The van der Waals surface area contributed by atoms with E-state index in [1.807, 2.05) is 27.7 Å². The summed E-state index contributed by atoms with van der Waals surface area (Å²) >= 11 is 0. The van der Waals surface area contributed by atoms with Gasteiger partial charge in [0.2, 0.25) is 0 Å². The summed E-state index contributed by atoms with van der Waals surface area (Å²) in [5.74, 6) is 1.36. The van der Waals surface area contributed by atoms with Gasteiger partial charge in [-0.05, 0) is 68.7 Å². The quantitative estimate of drug-likeness (QED) is 0.834. The highest BCUT2D eigenvalue weighted by Crippen LogP contribution is 2.42. The molecule has 1 unspecified atom stereocenters. The number of anilines is 2. The standard InChI is InChI=1S/C20H24N2O3/c1-11-12(2)19-17(13(3)18(11)22)16(23)9-20(4,25-19)10-24-15-7-5-14(21)6-8-15/h5-8H,9-10,21-22H2,1-4H3. The maximum absolute atomic E-state index is 12.8. The fourth-order valence-electron chi connectivity index (χ4n) is 3.20. The van der Waals surface area contributed by atoms with Crippen LogP contribution in [0.2, 0.25) is 0 Å². The van der Waals surface area contributed by atoms with Crippen LogP contribution in [-0.4, -0.2) is 18.0 Å². The van der Waals surface area contributed by atoms with Gasteiger partial charge in [0, 0.05) is 11.4 Å². The summed E-state index contributed by atoms with van der Waals surface area (Å²) < 4.78 is 12.1. The van der Waals surface area contributed by atoms with Crippen LogP contribution in [0.1, 0.15) is 40.4 Å². The van der Waals surface area contributed by atoms with Crippen molar-refractivity contribution in [1.29, 1.82) is 0 Å². The molecule has 0 radical (unpaired) electrons. The van der Waals surface area contributed by atoms with Crippen LogP contribution in [0.4, 0.5) is 11.4 Å². The van der Waals surface area contributed by atoms with Crippen molar-refractivity contribution in [3.8, 4) is 11.5 Å². The lowest BCUT2D eigenvalue weighted by molar-refractivity contribution is 0.0183. The van der Waals surface area contributed by atoms with Crippen molar-refractivity contribution in [3.05, 3.63) is 46.5 Å². The van der Waals surface area contributed by atoms with E-state index in [1.54, 1.807) is 24.3 Å². The number of hydrogen-bond donors (Lipinski definition) is 2. The molecule has 5 nitrogen and oxygen atoms in total. The monoisotopic (exact) mass is 340 g/mol. The number of nitrogen functional groups attached to an aromatic ring is 2. The average molecular weight is 340 g/mol. The molecule has 2 aromatic carbocycles. The van der Waals surface area contributed by atoms with Crippen LogP contribution in [-0.2, 0) is 0 Å². The third-order valence-corrected chi connectivity index (χ3v) is 4.90. The molecular weight excluding hydrogens is 316 g/mol. The average Bonchev–Trinajstić information content (AvgIpc) is 2.57. The summed E-state index contributed by atoms with van der Waals surface area (Å²) in [6, 6.07) is 7.16. The van der Waals surface area contributed by atoms with E-state index in [0.29, 0.717) is 28.4 Å². The van der Waals surface area contributed by atoms with Crippen LogP contribution in [0.5, 0.6) is 11.5 Å². The minimum atomic E-state index is -0.731. The van der Waals surface area contributed by atoms with Gasteiger partial charge in [-0.25, -0.2) is 0 Å². The van der Waals surface area contributed by atoms with Crippen LogP contribution >= 0.6 is 0 Å². The molecule has 5 heteroatoms. The molecule has 0 fully saturated rings. The third kappa shape index (κ3) is 3.02. The molecule has 0 saturated heterocycles. The molecule has 132 valence electrons. The van der Waals surface area contributed by atoms with Crippen molar-refractivity contribution in [2.24, 2.45) is 0 Å². The number of ether oxygens (including phenoxy) is 2. The first kappa shape index (κ1) is 17.1. The van der Waals surface area contributed by atoms with E-state index in [1.165, 1.54) is 0 Å². The summed E-state index contributed by atoms with van der Waals surface area (Å²) in [5, 5.41) is 0. The third-order valence-electron chi connectivity index (χ3n) is 4.90. The van der Waals surface area contributed by atoms with Crippen LogP contribution in [0.25, 0.3) is 0 Å². The zero-order valence-electron chi connectivity index (χ0n) is 15.1. The zero-order chi connectivity index (χ0) is 18.4. The number of nitrogens with two attached hydrogens (primary N) is 2. The van der Waals surface area contributed by atoms with Gasteiger partial charge in [0.05, 0.1) is 12.0 Å². The Hall–Kier alpha value is -2.69. The second kappa shape index (κ2) is 5.99. The van der Waals surface area contributed by atoms with E-state index < -0.39 is 5.60 Å². The fraction of sp³-hybridized carbons (Fsp3) is 0.350. The number of fused-ring (bicyclic) bond motifs is 1. The number of carbonyl (C=O) groups excluding carboxylic acids is 1. The smallest absolute Gasteiger partial charge is 0.171 e. The second-order valence-corrected chi connectivity index (χ2v) is 7.00. The molecule has 0 bridgehead atoms. The lowest BCUT2D eigenvalue weighted by Crippen LogP contribution is -2.45. The van der Waals surface area contributed by atoms with E-state index in [9.17, 15) is 4.79 Å². The predicted octanol–water partition coefficient (Wildman–Crippen LogP) is 3.58. The molecule has 0 aliphatic carbocycles.